The number of methoxy groups -OCH3 is 1. The summed E-state index contributed by atoms with van der Waals surface area (Å²) < 4.78 is 10.2. The van der Waals surface area contributed by atoms with Gasteiger partial charge in [0.1, 0.15) is 11.8 Å². The zero-order chi connectivity index (χ0) is 20.4. The van der Waals surface area contributed by atoms with Crippen LogP contribution in [0.2, 0.25) is 0 Å². The van der Waals surface area contributed by atoms with Gasteiger partial charge in [-0.2, -0.15) is 0 Å². The van der Waals surface area contributed by atoms with E-state index in [2.05, 4.69) is 0 Å². The molecule has 2 heterocycles. The quantitative estimate of drug-likeness (QED) is 0.572. The van der Waals surface area contributed by atoms with Crippen LogP contribution in [0.25, 0.3) is 0 Å². The van der Waals surface area contributed by atoms with E-state index in [0.29, 0.717) is 42.9 Å². The molecule has 1 unspecified atom stereocenters. The highest BCUT2D eigenvalue weighted by molar-refractivity contribution is 6.05. The summed E-state index contributed by atoms with van der Waals surface area (Å²) in [6.07, 6.45) is 1.07. The number of carbonyl (C=O) groups is 4. The van der Waals surface area contributed by atoms with Crippen molar-refractivity contribution in [2.75, 3.05) is 31.7 Å². The van der Waals surface area contributed by atoms with Gasteiger partial charge in [0.25, 0.3) is 5.91 Å². The lowest BCUT2D eigenvalue weighted by molar-refractivity contribution is -0.149. The Kier molecular flexibility index (Phi) is 5.67. The van der Waals surface area contributed by atoms with E-state index in [1.807, 2.05) is 0 Å². The highest BCUT2D eigenvalue weighted by atomic mass is 16.5. The number of rotatable bonds is 4. The number of ketones is 1. The summed E-state index contributed by atoms with van der Waals surface area (Å²) in [6, 6.07) is 4.12. The molecule has 8 nitrogen and oxygen atoms in total. The largest absolute Gasteiger partial charge is 0.482 e. The molecule has 2 amide bonds. The topological polar surface area (TPSA) is 93.2 Å². The Bertz CT molecular complexity index is 813. The van der Waals surface area contributed by atoms with Gasteiger partial charge in [-0.05, 0) is 44.9 Å². The van der Waals surface area contributed by atoms with Gasteiger partial charge < -0.3 is 14.4 Å². The number of nitrogens with zero attached hydrogens (tertiary/aromatic N) is 2. The Morgan fingerprint density at radius 1 is 1.21 bits per heavy atom. The van der Waals surface area contributed by atoms with Gasteiger partial charge in [-0.25, -0.2) is 0 Å². The molecule has 1 aromatic rings. The Balaban J connectivity index is 1.79. The van der Waals surface area contributed by atoms with Crippen molar-refractivity contribution in [2.24, 2.45) is 5.92 Å². The van der Waals surface area contributed by atoms with Gasteiger partial charge >= 0.3 is 5.97 Å². The van der Waals surface area contributed by atoms with Crippen LogP contribution in [-0.2, 0) is 19.1 Å². The predicted molar refractivity (Wildman–Crippen MR) is 100 cm³/mol. The average molecular weight is 388 g/mol. The van der Waals surface area contributed by atoms with Crippen LogP contribution in [0.3, 0.4) is 0 Å². The molecule has 0 aromatic heterocycles. The van der Waals surface area contributed by atoms with Gasteiger partial charge in [-0.15, -0.1) is 0 Å². The molecular formula is C20H24N2O6. The Hall–Kier alpha value is -2.90. The minimum Gasteiger partial charge on any atom is -0.482 e. The maximum atomic E-state index is 13.0. The Morgan fingerprint density at radius 3 is 2.50 bits per heavy atom. The van der Waals surface area contributed by atoms with E-state index >= 15 is 0 Å². The molecule has 1 fully saturated rings. The molecule has 1 saturated heterocycles. The van der Waals surface area contributed by atoms with E-state index in [0.717, 1.165) is 0 Å². The SMILES string of the molecule is COC(=O)C1CCN(C(=O)C(C)N2C(=O)COc3ccc(C(C)=O)cc32)CC1. The number of hydrogen-bond donors (Lipinski definition) is 0. The van der Waals surface area contributed by atoms with Crippen molar-refractivity contribution >= 4 is 29.3 Å². The number of anilines is 1. The lowest BCUT2D eigenvalue weighted by atomic mass is 9.96. The number of esters is 1. The van der Waals surface area contributed by atoms with Gasteiger partial charge in [0.2, 0.25) is 5.91 Å². The van der Waals surface area contributed by atoms with E-state index in [-0.39, 0.29) is 36.1 Å². The fraction of sp³-hybridized carbons (Fsp3) is 0.500. The van der Waals surface area contributed by atoms with Gasteiger partial charge in [-0.3, -0.25) is 24.1 Å². The second kappa shape index (κ2) is 8.00. The van der Waals surface area contributed by atoms with Crippen molar-refractivity contribution in [2.45, 2.75) is 32.7 Å². The smallest absolute Gasteiger partial charge is 0.308 e. The maximum Gasteiger partial charge on any atom is 0.308 e. The van der Waals surface area contributed by atoms with E-state index in [4.69, 9.17) is 9.47 Å². The van der Waals surface area contributed by atoms with Crippen LogP contribution in [0.1, 0.15) is 37.0 Å². The minimum atomic E-state index is -0.743. The van der Waals surface area contributed by atoms with Crippen molar-refractivity contribution in [3.63, 3.8) is 0 Å². The number of piperidine rings is 1. The highest BCUT2D eigenvalue weighted by Gasteiger charge is 2.37. The van der Waals surface area contributed by atoms with Crippen molar-refractivity contribution in [3.05, 3.63) is 23.8 Å². The first-order chi connectivity index (χ1) is 13.3. The number of carbonyl (C=O) groups excluding carboxylic acids is 4. The van der Waals surface area contributed by atoms with Crippen LogP contribution in [0, 0.1) is 5.92 Å². The van der Waals surface area contributed by atoms with E-state index in [1.54, 1.807) is 30.0 Å². The number of amides is 2. The summed E-state index contributed by atoms with van der Waals surface area (Å²) in [5.41, 5.74) is 0.870. The zero-order valence-electron chi connectivity index (χ0n) is 16.3. The molecule has 1 aromatic carbocycles. The number of fused-ring (bicyclic) bond motifs is 1. The second-order valence-electron chi connectivity index (χ2n) is 7.09. The first-order valence-electron chi connectivity index (χ1n) is 9.30. The van der Waals surface area contributed by atoms with Crippen molar-refractivity contribution in [3.8, 4) is 5.75 Å². The number of benzene rings is 1. The Labute approximate surface area is 163 Å². The highest BCUT2D eigenvalue weighted by Crippen LogP contribution is 2.35. The number of Topliss-reactive ketones (excluding diaryl/α,β-unsaturated/α-hetero) is 1. The number of ether oxygens (including phenoxy) is 2. The average Bonchev–Trinajstić information content (AvgIpc) is 2.71. The molecule has 2 aliphatic rings. The van der Waals surface area contributed by atoms with E-state index in [9.17, 15) is 19.2 Å². The zero-order valence-corrected chi connectivity index (χ0v) is 16.3. The molecule has 1 atom stereocenters. The summed E-state index contributed by atoms with van der Waals surface area (Å²) in [6.45, 7) is 3.82. The fourth-order valence-corrected chi connectivity index (χ4v) is 3.69. The van der Waals surface area contributed by atoms with Crippen molar-refractivity contribution < 1.29 is 28.7 Å². The van der Waals surface area contributed by atoms with Crippen molar-refractivity contribution in [1.29, 1.82) is 0 Å². The van der Waals surface area contributed by atoms with Gasteiger partial charge in [0.05, 0.1) is 18.7 Å². The molecule has 150 valence electrons. The third kappa shape index (κ3) is 3.72. The molecule has 0 aliphatic carbocycles. The first-order valence-corrected chi connectivity index (χ1v) is 9.30. The van der Waals surface area contributed by atoms with E-state index in [1.165, 1.54) is 18.9 Å². The summed E-state index contributed by atoms with van der Waals surface area (Å²) in [5.74, 6) is -0.656. The van der Waals surface area contributed by atoms with Gasteiger partial charge in [0, 0.05) is 18.7 Å². The number of hydrogen-bond acceptors (Lipinski definition) is 6. The van der Waals surface area contributed by atoms with Gasteiger partial charge in [-0.1, -0.05) is 0 Å². The molecular weight excluding hydrogens is 364 g/mol. The van der Waals surface area contributed by atoms with Crippen LogP contribution >= 0.6 is 0 Å². The second-order valence-corrected chi connectivity index (χ2v) is 7.09. The van der Waals surface area contributed by atoms with Crippen molar-refractivity contribution in [1.82, 2.24) is 4.90 Å². The minimum absolute atomic E-state index is 0.135. The molecule has 28 heavy (non-hydrogen) atoms. The van der Waals surface area contributed by atoms with Crippen LogP contribution in [-0.4, -0.2) is 61.3 Å². The normalized spacial score (nSPS) is 18.2. The molecule has 8 heteroatoms. The van der Waals surface area contributed by atoms with Gasteiger partial charge in [0.15, 0.2) is 12.4 Å². The number of likely N-dealkylation sites (tertiary alicyclic amines) is 1. The van der Waals surface area contributed by atoms with E-state index < -0.39 is 6.04 Å². The maximum absolute atomic E-state index is 13.0. The Morgan fingerprint density at radius 2 is 1.89 bits per heavy atom. The monoisotopic (exact) mass is 388 g/mol. The van der Waals surface area contributed by atoms with Crippen LogP contribution in [0.4, 0.5) is 5.69 Å². The molecule has 0 radical (unpaired) electrons. The van der Waals surface area contributed by atoms with Crippen LogP contribution in [0.5, 0.6) is 5.75 Å². The summed E-state index contributed by atoms with van der Waals surface area (Å²) in [5, 5.41) is 0. The van der Waals surface area contributed by atoms with Crippen LogP contribution < -0.4 is 9.64 Å². The fourth-order valence-electron chi connectivity index (χ4n) is 3.69. The summed E-state index contributed by atoms with van der Waals surface area (Å²) >= 11 is 0. The third-order valence-corrected chi connectivity index (χ3v) is 5.33. The molecule has 2 aliphatic heterocycles. The summed E-state index contributed by atoms with van der Waals surface area (Å²) in [4.78, 5) is 52.0. The molecule has 0 spiro atoms. The molecule has 0 saturated carbocycles. The third-order valence-electron chi connectivity index (χ3n) is 5.33. The molecule has 0 bridgehead atoms. The lowest BCUT2D eigenvalue weighted by Crippen LogP contribution is -2.54. The standard InChI is InChI=1S/C20H24N2O6/c1-12(19(25)21-8-6-14(7-9-21)20(26)27-3)22-16-10-15(13(2)23)4-5-17(16)28-11-18(22)24/h4-5,10,12,14H,6-9,11H2,1-3H3. The lowest BCUT2D eigenvalue weighted by Gasteiger charge is -2.38. The predicted octanol–water partition coefficient (Wildman–Crippen LogP) is 1.41. The molecule has 0 N–H and O–H groups in total. The summed E-state index contributed by atoms with van der Waals surface area (Å²) in [7, 11) is 1.36. The molecule has 3 rings (SSSR count). The van der Waals surface area contributed by atoms with Crippen LogP contribution in [0.15, 0.2) is 18.2 Å². The first kappa shape index (κ1) is 19.9.